The van der Waals surface area contributed by atoms with Crippen LogP contribution in [0, 0.1) is 46.3 Å². The highest BCUT2D eigenvalue weighted by Crippen LogP contribution is 2.67. The number of aliphatic hydroxyl groups excluding tert-OH is 2. The van der Waals surface area contributed by atoms with Crippen LogP contribution in [0.2, 0.25) is 0 Å². The van der Waals surface area contributed by atoms with E-state index in [9.17, 15) is 10.2 Å². The molecule has 0 amide bonds. The minimum atomic E-state index is -0.137. The Bertz CT molecular complexity index is 624. The van der Waals surface area contributed by atoms with Crippen LogP contribution in [0.3, 0.4) is 0 Å². The summed E-state index contributed by atoms with van der Waals surface area (Å²) in [5.41, 5.74) is 2.44. The van der Waals surface area contributed by atoms with Crippen molar-refractivity contribution in [3.63, 3.8) is 0 Å². The lowest BCUT2D eigenvalue weighted by Crippen LogP contribution is -2.50. The summed E-state index contributed by atoms with van der Waals surface area (Å²) in [6, 6.07) is 0. The molecule has 4 aliphatic rings. The molecule has 0 bridgehead atoms. The summed E-state index contributed by atoms with van der Waals surface area (Å²) in [5, 5.41) is 20.5. The van der Waals surface area contributed by atoms with Gasteiger partial charge in [-0.3, -0.25) is 0 Å². The highest BCUT2D eigenvalue weighted by Gasteiger charge is 2.59. The molecule has 2 nitrogen and oxygen atoms in total. The maximum Gasteiger partial charge on any atom is 0.0577 e. The normalized spacial score (nSPS) is 46.5. The van der Waals surface area contributed by atoms with Gasteiger partial charge in [-0.15, -0.1) is 0 Å². The van der Waals surface area contributed by atoms with Crippen molar-refractivity contribution in [2.24, 2.45) is 46.3 Å². The van der Waals surface area contributed by atoms with E-state index in [0.717, 1.165) is 48.9 Å². The molecule has 0 aromatic carbocycles. The topological polar surface area (TPSA) is 40.5 Å². The van der Waals surface area contributed by atoms with Crippen LogP contribution in [0.15, 0.2) is 11.6 Å². The molecule has 3 saturated carbocycles. The molecular weight excluding hydrogens is 356 g/mol. The summed E-state index contributed by atoms with van der Waals surface area (Å²) in [7, 11) is 0. The first-order chi connectivity index (χ1) is 13.7. The first-order valence-corrected chi connectivity index (χ1v) is 12.7. The Hall–Kier alpha value is -0.340. The van der Waals surface area contributed by atoms with E-state index in [0.29, 0.717) is 16.7 Å². The van der Waals surface area contributed by atoms with Crippen LogP contribution >= 0.6 is 0 Å². The number of aliphatic hydroxyl groups is 2. The molecule has 0 aromatic rings. The molecule has 0 heterocycles. The number of hydrogen-bond donors (Lipinski definition) is 2. The van der Waals surface area contributed by atoms with Crippen molar-refractivity contribution < 1.29 is 10.2 Å². The van der Waals surface area contributed by atoms with Gasteiger partial charge in [0.25, 0.3) is 0 Å². The summed E-state index contributed by atoms with van der Waals surface area (Å²) in [6.45, 7) is 11.9. The zero-order chi connectivity index (χ0) is 21.0. The lowest BCUT2D eigenvalue weighted by molar-refractivity contribution is -0.0579. The molecule has 2 heteroatoms. The van der Waals surface area contributed by atoms with E-state index in [1.54, 1.807) is 5.57 Å². The fourth-order valence-corrected chi connectivity index (χ4v) is 8.59. The summed E-state index contributed by atoms with van der Waals surface area (Å²) in [5.74, 6) is 4.51. The number of rotatable bonds is 5. The van der Waals surface area contributed by atoms with Gasteiger partial charge in [0.15, 0.2) is 0 Å². The van der Waals surface area contributed by atoms with Gasteiger partial charge < -0.3 is 10.2 Å². The Morgan fingerprint density at radius 1 is 1.00 bits per heavy atom. The third-order valence-electron chi connectivity index (χ3n) is 10.5. The Balaban J connectivity index is 1.49. The van der Waals surface area contributed by atoms with Gasteiger partial charge in [-0.1, -0.05) is 46.3 Å². The quantitative estimate of drug-likeness (QED) is 0.525. The van der Waals surface area contributed by atoms with Crippen molar-refractivity contribution in [1.29, 1.82) is 0 Å². The molecule has 4 aliphatic carbocycles. The second-order valence-electron chi connectivity index (χ2n) is 12.3. The number of allylic oxidation sites excluding steroid dienone is 1. The summed E-state index contributed by atoms with van der Waals surface area (Å²) in [4.78, 5) is 0. The van der Waals surface area contributed by atoms with Crippen LogP contribution in [-0.4, -0.2) is 22.4 Å². The highest BCUT2D eigenvalue weighted by molar-refractivity contribution is 5.25. The van der Waals surface area contributed by atoms with E-state index < -0.39 is 0 Å². The predicted octanol–water partition coefficient (Wildman–Crippen LogP) is 6.36. The van der Waals surface area contributed by atoms with Gasteiger partial charge in [0.2, 0.25) is 0 Å². The Kier molecular flexibility index (Phi) is 6.01. The van der Waals surface area contributed by atoms with Gasteiger partial charge in [0.1, 0.15) is 0 Å². The Morgan fingerprint density at radius 2 is 1.76 bits per heavy atom. The molecule has 0 aromatic heterocycles. The van der Waals surface area contributed by atoms with E-state index in [4.69, 9.17) is 0 Å². The molecule has 29 heavy (non-hydrogen) atoms. The molecule has 9 atom stereocenters. The minimum absolute atomic E-state index is 0.0994. The lowest BCUT2D eigenvalue weighted by Gasteiger charge is -2.58. The first kappa shape index (κ1) is 21.9. The molecule has 3 fully saturated rings. The second kappa shape index (κ2) is 7.97. The van der Waals surface area contributed by atoms with Crippen molar-refractivity contribution in [2.75, 3.05) is 0 Å². The monoisotopic (exact) mass is 402 g/mol. The molecule has 0 aliphatic heterocycles. The van der Waals surface area contributed by atoms with Crippen molar-refractivity contribution >= 4 is 0 Å². The molecule has 2 N–H and O–H groups in total. The molecule has 166 valence electrons. The van der Waals surface area contributed by atoms with Gasteiger partial charge >= 0.3 is 0 Å². The van der Waals surface area contributed by atoms with Gasteiger partial charge in [-0.25, -0.2) is 0 Å². The largest absolute Gasteiger partial charge is 0.393 e. The average molecular weight is 403 g/mol. The van der Waals surface area contributed by atoms with E-state index in [2.05, 4.69) is 40.7 Å². The highest BCUT2D eigenvalue weighted by atomic mass is 16.3. The summed E-state index contributed by atoms with van der Waals surface area (Å²) in [6.07, 6.45) is 14.4. The summed E-state index contributed by atoms with van der Waals surface area (Å²) >= 11 is 0. The fourth-order valence-electron chi connectivity index (χ4n) is 8.59. The third-order valence-corrected chi connectivity index (χ3v) is 10.5. The van der Waals surface area contributed by atoms with E-state index >= 15 is 0 Å². The van der Waals surface area contributed by atoms with Crippen molar-refractivity contribution in [1.82, 2.24) is 0 Å². The SMILES string of the molecule is CC(C)[C@@H](O)CC[C@@H](C)[C@H]1CC[C@@H]2[C@H]3CC=C4C[C@@H](O)CC[C@]4(C)[C@@H]3CC[C@@]21C. The molecule has 0 unspecified atom stereocenters. The fraction of sp³-hybridized carbons (Fsp3) is 0.926. The predicted molar refractivity (Wildman–Crippen MR) is 120 cm³/mol. The molecule has 0 spiro atoms. The maximum atomic E-state index is 10.3. The Morgan fingerprint density at radius 3 is 2.48 bits per heavy atom. The van der Waals surface area contributed by atoms with Crippen molar-refractivity contribution in [2.45, 2.75) is 111 Å². The van der Waals surface area contributed by atoms with E-state index in [-0.39, 0.29) is 12.2 Å². The van der Waals surface area contributed by atoms with E-state index in [1.807, 2.05) is 0 Å². The minimum Gasteiger partial charge on any atom is -0.393 e. The summed E-state index contributed by atoms with van der Waals surface area (Å²) < 4.78 is 0. The van der Waals surface area contributed by atoms with Gasteiger partial charge in [0.05, 0.1) is 12.2 Å². The lowest BCUT2D eigenvalue weighted by atomic mass is 9.47. The van der Waals surface area contributed by atoms with Crippen LogP contribution in [0.5, 0.6) is 0 Å². The first-order valence-electron chi connectivity index (χ1n) is 12.7. The number of hydrogen-bond acceptors (Lipinski definition) is 2. The van der Waals surface area contributed by atoms with Crippen LogP contribution in [-0.2, 0) is 0 Å². The molecular formula is C27H46O2. The van der Waals surface area contributed by atoms with Gasteiger partial charge in [-0.05, 0) is 111 Å². The third kappa shape index (κ3) is 3.65. The standard InChI is InChI=1S/C27H46O2/c1-17(2)25(29)11-6-18(3)22-9-10-23-21-8-7-19-16-20(28)12-14-26(19,4)24(21)13-15-27(22,23)5/h7,17-18,20-25,28-29H,6,8-16H2,1-5H3/t18-,20+,21-,22-,23-,24-,25+,26+,27-/m1/s1. The molecule has 4 rings (SSSR count). The second-order valence-corrected chi connectivity index (χ2v) is 12.3. The van der Waals surface area contributed by atoms with Crippen molar-refractivity contribution in [3.8, 4) is 0 Å². The smallest absolute Gasteiger partial charge is 0.0577 e. The zero-order valence-corrected chi connectivity index (χ0v) is 19.7. The molecule has 0 radical (unpaired) electrons. The average Bonchev–Trinajstić information content (AvgIpc) is 3.03. The van der Waals surface area contributed by atoms with Gasteiger partial charge in [0, 0.05) is 0 Å². The van der Waals surface area contributed by atoms with Crippen LogP contribution in [0.25, 0.3) is 0 Å². The molecule has 0 saturated heterocycles. The van der Waals surface area contributed by atoms with E-state index in [1.165, 1.54) is 44.9 Å². The Labute approximate surface area is 179 Å². The van der Waals surface area contributed by atoms with Crippen molar-refractivity contribution in [3.05, 3.63) is 11.6 Å². The van der Waals surface area contributed by atoms with Crippen LogP contribution in [0.4, 0.5) is 0 Å². The maximum absolute atomic E-state index is 10.3. The van der Waals surface area contributed by atoms with Crippen LogP contribution < -0.4 is 0 Å². The van der Waals surface area contributed by atoms with Crippen LogP contribution in [0.1, 0.15) is 98.8 Å². The number of fused-ring (bicyclic) bond motifs is 5. The van der Waals surface area contributed by atoms with Gasteiger partial charge in [-0.2, -0.15) is 0 Å². The zero-order valence-electron chi connectivity index (χ0n) is 19.7.